The van der Waals surface area contributed by atoms with Crippen LogP contribution in [0.25, 0.3) is 11.1 Å². The Morgan fingerprint density at radius 1 is 1.14 bits per heavy atom. The maximum Gasteiger partial charge on any atom is 0.241 e. The zero-order valence-electron chi connectivity index (χ0n) is 15.1. The van der Waals surface area contributed by atoms with E-state index < -0.39 is 33.7 Å². The van der Waals surface area contributed by atoms with E-state index >= 15 is 4.39 Å². The number of sulfonamides is 1. The quantitative estimate of drug-likeness (QED) is 0.769. The molecule has 0 aromatic heterocycles. The average molecular weight is 410 g/mol. The van der Waals surface area contributed by atoms with Crippen molar-refractivity contribution < 1.29 is 21.6 Å². The van der Waals surface area contributed by atoms with Crippen molar-refractivity contribution in [3.8, 4) is 11.1 Å². The van der Waals surface area contributed by atoms with Gasteiger partial charge in [0.15, 0.2) is 0 Å². The van der Waals surface area contributed by atoms with Gasteiger partial charge in [0.2, 0.25) is 16.0 Å². The first-order valence-electron chi connectivity index (χ1n) is 9.16. The Hall–Kier alpha value is -1.90. The Labute approximate surface area is 162 Å². The topological polar surface area (TPSA) is 58.2 Å². The lowest BCUT2D eigenvalue weighted by molar-refractivity contribution is 0.401. The van der Waals surface area contributed by atoms with Gasteiger partial charge < -0.3 is 5.32 Å². The summed E-state index contributed by atoms with van der Waals surface area (Å²) in [6.45, 7) is 0.613. The van der Waals surface area contributed by atoms with Crippen LogP contribution >= 0.6 is 0 Å². The number of nitrogens with one attached hydrogen (secondary N) is 2. The Bertz CT molecular complexity index is 993. The van der Waals surface area contributed by atoms with Crippen molar-refractivity contribution in [2.24, 2.45) is 5.41 Å². The number of alkyl halides is 1. The Morgan fingerprint density at radius 2 is 1.89 bits per heavy atom. The summed E-state index contributed by atoms with van der Waals surface area (Å²) in [5.41, 5.74) is 0.911. The highest BCUT2D eigenvalue weighted by Crippen LogP contribution is 2.52. The normalized spacial score (nSPS) is 23.2. The van der Waals surface area contributed by atoms with Crippen LogP contribution in [0.3, 0.4) is 0 Å². The van der Waals surface area contributed by atoms with Gasteiger partial charge in [0.25, 0.3) is 0 Å². The van der Waals surface area contributed by atoms with Crippen LogP contribution in [0, 0.1) is 17.0 Å². The third-order valence-corrected chi connectivity index (χ3v) is 6.68. The molecule has 1 aliphatic carbocycles. The van der Waals surface area contributed by atoms with E-state index in [4.69, 9.17) is 0 Å². The van der Waals surface area contributed by atoms with Gasteiger partial charge in [-0.25, -0.2) is 26.3 Å². The van der Waals surface area contributed by atoms with E-state index in [0.717, 1.165) is 12.8 Å². The fourth-order valence-corrected chi connectivity index (χ4v) is 4.98. The summed E-state index contributed by atoms with van der Waals surface area (Å²) in [5.74, 6) is -0.908. The largest absolute Gasteiger partial charge is 0.311 e. The van der Waals surface area contributed by atoms with Crippen molar-refractivity contribution in [2.75, 3.05) is 12.6 Å². The molecule has 2 N–H and O–H groups in total. The molecule has 8 heteroatoms. The van der Waals surface area contributed by atoms with Gasteiger partial charge in [0.05, 0.1) is 0 Å². The van der Waals surface area contributed by atoms with Crippen LogP contribution in [0.15, 0.2) is 42.5 Å². The van der Waals surface area contributed by atoms with Crippen molar-refractivity contribution in [3.05, 3.63) is 59.7 Å². The standard InChI is InChI=1S/C20H21F3N2O2S/c21-12-28(26,27)25-19-17(24-11-20(19)7-8-20)10-14-4-2-6-16(18(14)23)13-3-1-5-15(22)9-13/h1-6,9,17,19,24-25H,7-8,10-12H2/t17-,19+/m0/s1. The zero-order chi connectivity index (χ0) is 19.9. The summed E-state index contributed by atoms with van der Waals surface area (Å²) >= 11 is 0. The highest BCUT2D eigenvalue weighted by atomic mass is 32.2. The number of hydrogen-bond acceptors (Lipinski definition) is 3. The predicted octanol–water partition coefficient (Wildman–Crippen LogP) is 3.14. The molecular formula is C20H21F3N2O2S. The number of hydrogen-bond donors (Lipinski definition) is 2. The number of halogens is 3. The smallest absolute Gasteiger partial charge is 0.241 e. The Balaban J connectivity index is 1.61. The summed E-state index contributed by atoms with van der Waals surface area (Å²) in [4.78, 5) is 0. The molecule has 2 aliphatic rings. The molecular weight excluding hydrogens is 389 g/mol. The lowest BCUT2D eigenvalue weighted by Crippen LogP contribution is -2.48. The van der Waals surface area contributed by atoms with Gasteiger partial charge in [0.1, 0.15) is 11.6 Å². The van der Waals surface area contributed by atoms with E-state index in [0.29, 0.717) is 17.7 Å². The third-order valence-electron chi connectivity index (χ3n) is 5.77. The van der Waals surface area contributed by atoms with Crippen LogP contribution in [0.4, 0.5) is 13.2 Å². The molecule has 1 saturated carbocycles. The Kier molecular flexibility index (Phi) is 4.97. The lowest BCUT2D eigenvalue weighted by atomic mass is 9.91. The highest BCUT2D eigenvalue weighted by Gasteiger charge is 2.57. The second-order valence-electron chi connectivity index (χ2n) is 7.66. The van der Waals surface area contributed by atoms with Crippen LogP contribution < -0.4 is 10.0 Å². The van der Waals surface area contributed by atoms with Crippen LogP contribution in [0.2, 0.25) is 0 Å². The van der Waals surface area contributed by atoms with Gasteiger partial charge >= 0.3 is 0 Å². The Morgan fingerprint density at radius 3 is 2.57 bits per heavy atom. The molecule has 0 unspecified atom stereocenters. The molecule has 4 nitrogen and oxygen atoms in total. The predicted molar refractivity (Wildman–Crippen MR) is 101 cm³/mol. The first kappa shape index (κ1) is 19.4. The average Bonchev–Trinajstić information content (AvgIpc) is 3.38. The summed E-state index contributed by atoms with van der Waals surface area (Å²) in [5, 5.41) is 3.27. The van der Waals surface area contributed by atoms with E-state index in [9.17, 15) is 17.2 Å². The summed E-state index contributed by atoms with van der Waals surface area (Å²) in [6.07, 6.45) is 1.94. The van der Waals surface area contributed by atoms with Gasteiger partial charge in [-0.3, -0.25) is 0 Å². The number of benzene rings is 2. The molecule has 150 valence electrons. The van der Waals surface area contributed by atoms with E-state index in [1.165, 1.54) is 18.2 Å². The molecule has 2 aromatic carbocycles. The number of rotatable bonds is 6. The van der Waals surface area contributed by atoms with Gasteiger partial charge in [-0.1, -0.05) is 30.3 Å². The van der Waals surface area contributed by atoms with E-state index in [1.54, 1.807) is 24.3 Å². The van der Waals surface area contributed by atoms with E-state index in [2.05, 4.69) is 10.0 Å². The minimum Gasteiger partial charge on any atom is -0.311 e. The minimum absolute atomic E-state index is 0.219. The molecule has 2 atom stereocenters. The van der Waals surface area contributed by atoms with Crippen LogP contribution in [0.5, 0.6) is 0 Å². The van der Waals surface area contributed by atoms with Crippen LogP contribution in [-0.4, -0.2) is 33.1 Å². The first-order chi connectivity index (χ1) is 13.3. The van der Waals surface area contributed by atoms with Gasteiger partial charge in [0, 0.05) is 29.6 Å². The summed E-state index contributed by atoms with van der Waals surface area (Å²) in [6, 6.07) is 8.34. The molecule has 0 bridgehead atoms. The zero-order valence-corrected chi connectivity index (χ0v) is 15.9. The van der Waals surface area contributed by atoms with Gasteiger partial charge in [-0.15, -0.1) is 0 Å². The second kappa shape index (κ2) is 7.17. The molecule has 2 aromatic rings. The highest BCUT2D eigenvalue weighted by molar-refractivity contribution is 7.89. The monoisotopic (exact) mass is 410 g/mol. The van der Waals surface area contributed by atoms with Gasteiger partial charge in [-0.2, -0.15) is 0 Å². The molecule has 2 fully saturated rings. The third kappa shape index (κ3) is 3.68. The van der Waals surface area contributed by atoms with Crippen molar-refractivity contribution >= 4 is 10.0 Å². The molecule has 0 amide bonds. The van der Waals surface area contributed by atoms with Gasteiger partial charge in [-0.05, 0) is 42.5 Å². The minimum atomic E-state index is -4.02. The second-order valence-corrected chi connectivity index (χ2v) is 9.35. The molecule has 1 aliphatic heterocycles. The van der Waals surface area contributed by atoms with Crippen molar-refractivity contribution in [2.45, 2.75) is 31.3 Å². The fraction of sp³-hybridized carbons (Fsp3) is 0.400. The van der Waals surface area contributed by atoms with Crippen molar-refractivity contribution in [3.63, 3.8) is 0 Å². The maximum absolute atomic E-state index is 15.1. The van der Waals surface area contributed by atoms with Crippen molar-refractivity contribution in [1.82, 2.24) is 10.0 Å². The van der Waals surface area contributed by atoms with Crippen LogP contribution in [0.1, 0.15) is 18.4 Å². The van der Waals surface area contributed by atoms with E-state index in [1.807, 2.05) is 0 Å². The summed E-state index contributed by atoms with van der Waals surface area (Å²) in [7, 11) is -4.02. The van der Waals surface area contributed by atoms with Crippen molar-refractivity contribution in [1.29, 1.82) is 0 Å². The maximum atomic E-state index is 15.1. The molecule has 4 rings (SSSR count). The molecule has 1 saturated heterocycles. The molecule has 1 spiro atoms. The molecule has 0 radical (unpaired) electrons. The van der Waals surface area contributed by atoms with E-state index in [-0.39, 0.29) is 23.4 Å². The molecule has 1 heterocycles. The summed E-state index contributed by atoms with van der Waals surface area (Å²) < 4.78 is 67.5. The first-order valence-corrected chi connectivity index (χ1v) is 10.8. The fourth-order valence-electron chi connectivity index (χ4n) is 4.11. The van der Waals surface area contributed by atoms with Crippen LogP contribution in [-0.2, 0) is 16.4 Å². The lowest BCUT2D eigenvalue weighted by Gasteiger charge is -2.25. The SMILES string of the molecule is O=S(=O)(CF)N[C@@H]1[C@H](Cc2cccc(-c3cccc(F)c3)c2F)NCC12CC2. The molecule has 28 heavy (non-hydrogen) atoms.